The van der Waals surface area contributed by atoms with E-state index in [2.05, 4.69) is 11.1 Å². The van der Waals surface area contributed by atoms with E-state index < -0.39 is 0 Å². The fourth-order valence-corrected chi connectivity index (χ4v) is 2.74. The number of hydrogen-bond donors (Lipinski definition) is 0. The van der Waals surface area contributed by atoms with Crippen molar-refractivity contribution in [2.24, 2.45) is 0 Å². The molecule has 0 bridgehead atoms. The number of rotatable bonds is 2. The molecule has 0 radical (unpaired) electrons. The Morgan fingerprint density at radius 3 is 2.70 bits per heavy atom. The summed E-state index contributed by atoms with van der Waals surface area (Å²) in [4.78, 5) is 4.56. The molecule has 1 aromatic heterocycles. The highest BCUT2D eigenvalue weighted by molar-refractivity contribution is 5.84. The van der Waals surface area contributed by atoms with Crippen LogP contribution in [0.2, 0.25) is 0 Å². The second-order valence-electron chi connectivity index (χ2n) is 5.17. The number of benzene rings is 2. The van der Waals surface area contributed by atoms with Gasteiger partial charge in [0.05, 0.1) is 17.1 Å². The van der Waals surface area contributed by atoms with E-state index in [1.54, 1.807) is 22.8 Å². The summed E-state index contributed by atoms with van der Waals surface area (Å²) in [5.41, 5.74) is 2.06. The summed E-state index contributed by atoms with van der Waals surface area (Å²) in [7, 11) is 0. The summed E-state index contributed by atoms with van der Waals surface area (Å²) < 4.78 is 26.4. The van der Waals surface area contributed by atoms with Crippen LogP contribution in [0.4, 0.5) is 4.39 Å². The maximum absolute atomic E-state index is 13.5. The zero-order valence-corrected chi connectivity index (χ0v) is 12.1. The van der Waals surface area contributed by atoms with Crippen LogP contribution in [0.15, 0.2) is 36.4 Å². The smallest absolute Gasteiger partial charge is 0.163 e. The van der Waals surface area contributed by atoms with Gasteiger partial charge in [0.1, 0.15) is 31.4 Å². The molecule has 114 valence electrons. The lowest BCUT2D eigenvalue weighted by molar-refractivity contribution is 0.172. The lowest BCUT2D eigenvalue weighted by Gasteiger charge is -2.18. The van der Waals surface area contributed by atoms with Gasteiger partial charge in [-0.1, -0.05) is 12.1 Å². The van der Waals surface area contributed by atoms with E-state index in [1.807, 2.05) is 6.07 Å². The summed E-state index contributed by atoms with van der Waals surface area (Å²) in [6.07, 6.45) is 0. The lowest BCUT2D eigenvalue weighted by Crippen LogP contribution is -2.15. The van der Waals surface area contributed by atoms with Crippen molar-refractivity contribution in [2.45, 2.75) is 6.54 Å². The minimum absolute atomic E-state index is 0.113. The van der Waals surface area contributed by atoms with Gasteiger partial charge in [-0.3, -0.25) is 0 Å². The Morgan fingerprint density at radius 1 is 1.17 bits per heavy atom. The standard InChI is InChI=1S/C17H12FN3O2/c18-12-3-1-2-11(8-12)17-20-13-9-15-16(23-7-6-22-15)10-14(13)21(17)5-4-19/h1-3,8-10H,5-7H2. The minimum Gasteiger partial charge on any atom is -0.486 e. The lowest BCUT2D eigenvalue weighted by atomic mass is 10.2. The SMILES string of the molecule is N#CCn1c(-c2cccc(F)c2)nc2cc3c(cc21)OCCO3. The number of ether oxygens (including phenoxy) is 2. The Labute approximate surface area is 131 Å². The molecule has 4 rings (SSSR count). The topological polar surface area (TPSA) is 60.1 Å². The quantitative estimate of drug-likeness (QED) is 0.729. The molecule has 1 aliphatic rings. The van der Waals surface area contributed by atoms with Crippen LogP contribution in [0.25, 0.3) is 22.4 Å². The Morgan fingerprint density at radius 2 is 1.96 bits per heavy atom. The molecule has 0 spiro atoms. The molecule has 23 heavy (non-hydrogen) atoms. The van der Waals surface area contributed by atoms with Crippen LogP contribution in [0.3, 0.4) is 0 Å². The number of hydrogen-bond acceptors (Lipinski definition) is 4. The molecule has 3 aromatic rings. The van der Waals surface area contributed by atoms with Gasteiger partial charge in [0.2, 0.25) is 0 Å². The number of halogens is 1. The van der Waals surface area contributed by atoms with Crippen molar-refractivity contribution >= 4 is 11.0 Å². The van der Waals surface area contributed by atoms with Gasteiger partial charge in [-0.2, -0.15) is 5.26 Å². The predicted molar refractivity (Wildman–Crippen MR) is 81.7 cm³/mol. The van der Waals surface area contributed by atoms with Crippen LogP contribution in [-0.2, 0) is 6.54 Å². The molecule has 0 fully saturated rings. The molecule has 0 unspecified atom stereocenters. The van der Waals surface area contributed by atoms with E-state index in [9.17, 15) is 4.39 Å². The summed E-state index contributed by atoms with van der Waals surface area (Å²) >= 11 is 0. The van der Waals surface area contributed by atoms with E-state index in [0.29, 0.717) is 41.6 Å². The third-order valence-corrected chi connectivity index (χ3v) is 3.72. The first-order chi connectivity index (χ1) is 11.3. The second-order valence-corrected chi connectivity index (χ2v) is 5.17. The van der Waals surface area contributed by atoms with Crippen molar-refractivity contribution in [3.63, 3.8) is 0 Å². The van der Waals surface area contributed by atoms with E-state index in [1.165, 1.54) is 12.1 Å². The largest absolute Gasteiger partial charge is 0.486 e. The van der Waals surface area contributed by atoms with Crippen molar-refractivity contribution < 1.29 is 13.9 Å². The van der Waals surface area contributed by atoms with Gasteiger partial charge in [0, 0.05) is 17.7 Å². The normalized spacial score (nSPS) is 13.0. The molecule has 6 heteroatoms. The molecular weight excluding hydrogens is 297 g/mol. The van der Waals surface area contributed by atoms with Crippen LogP contribution in [0.5, 0.6) is 11.5 Å². The van der Waals surface area contributed by atoms with Crippen LogP contribution in [-0.4, -0.2) is 22.8 Å². The molecule has 0 aliphatic carbocycles. The number of aromatic nitrogens is 2. The van der Waals surface area contributed by atoms with Gasteiger partial charge in [-0.25, -0.2) is 9.37 Å². The molecule has 2 heterocycles. The minimum atomic E-state index is -0.343. The maximum Gasteiger partial charge on any atom is 0.163 e. The monoisotopic (exact) mass is 309 g/mol. The van der Waals surface area contributed by atoms with Crippen LogP contribution >= 0.6 is 0 Å². The third-order valence-electron chi connectivity index (χ3n) is 3.72. The van der Waals surface area contributed by atoms with Gasteiger partial charge >= 0.3 is 0 Å². The van der Waals surface area contributed by atoms with E-state index in [0.717, 1.165) is 5.52 Å². The van der Waals surface area contributed by atoms with E-state index >= 15 is 0 Å². The first-order valence-corrected chi connectivity index (χ1v) is 7.19. The van der Waals surface area contributed by atoms with Gasteiger partial charge < -0.3 is 14.0 Å². The Balaban J connectivity index is 1.97. The van der Waals surface area contributed by atoms with Crippen LogP contribution in [0.1, 0.15) is 0 Å². The fraction of sp³-hybridized carbons (Fsp3) is 0.176. The number of imidazole rings is 1. The third kappa shape index (κ3) is 2.27. The number of fused-ring (bicyclic) bond motifs is 2. The highest BCUT2D eigenvalue weighted by Gasteiger charge is 2.19. The Kier molecular flexibility index (Phi) is 3.12. The molecule has 5 nitrogen and oxygen atoms in total. The van der Waals surface area contributed by atoms with Gasteiger partial charge in [-0.05, 0) is 12.1 Å². The van der Waals surface area contributed by atoms with Gasteiger partial charge in [0.15, 0.2) is 11.5 Å². The fourth-order valence-electron chi connectivity index (χ4n) is 2.74. The molecule has 0 atom stereocenters. The maximum atomic E-state index is 13.5. The average molecular weight is 309 g/mol. The van der Waals surface area contributed by atoms with Crippen molar-refractivity contribution in [1.82, 2.24) is 9.55 Å². The molecule has 0 N–H and O–H groups in total. The average Bonchev–Trinajstić information content (AvgIpc) is 2.91. The second kappa shape index (κ2) is 5.29. The number of nitriles is 1. The molecule has 2 aromatic carbocycles. The molecule has 1 aliphatic heterocycles. The summed E-state index contributed by atoms with van der Waals surface area (Å²) in [5, 5.41) is 9.13. The number of nitrogens with zero attached hydrogens (tertiary/aromatic N) is 3. The summed E-state index contributed by atoms with van der Waals surface area (Å²) in [6, 6.07) is 11.9. The highest BCUT2D eigenvalue weighted by Crippen LogP contribution is 2.36. The molecular formula is C17H12FN3O2. The van der Waals surface area contributed by atoms with E-state index in [4.69, 9.17) is 14.7 Å². The van der Waals surface area contributed by atoms with Crippen molar-refractivity contribution in [3.8, 4) is 29.0 Å². The zero-order chi connectivity index (χ0) is 15.8. The first kappa shape index (κ1) is 13.6. The Bertz CT molecular complexity index is 943. The first-order valence-electron chi connectivity index (χ1n) is 7.19. The van der Waals surface area contributed by atoms with Crippen LogP contribution in [0, 0.1) is 17.1 Å². The van der Waals surface area contributed by atoms with Crippen LogP contribution < -0.4 is 9.47 Å². The van der Waals surface area contributed by atoms with E-state index in [-0.39, 0.29) is 12.4 Å². The predicted octanol–water partition coefficient (Wildman–Crippen LogP) is 3.14. The Hall–Kier alpha value is -3.07. The van der Waals surface area contributed by atoms with Gasteiger partial charge in [-0.15, -0.1) is 0 Å². The summed E-state index contributed by atoms with van der Waals surface area (Å²) in [6.45, 7) is 1.10. The molecule has 0 saturated carbocycles. The molecule has 0 saturated heterocycles. The molecule has 0 amide bonds. The zero-order valence-electron chi connectivity index (χ0n) is 12.1. The highest BCUT2D eigenvalue weighted by atomic mass is 19.1. The van der Waals surface area contributed by atoms with Crippen molar-refractivity contribution in [2.75, 3.05) is 13.2 Å². The van der Waals surface area contributed by atoms with Gasteiger partial charge in [0.25, 0.3) is 0 Å². The summed E-state index contributed by atoms with van der Waals surface area (Å²) in [5.74, 6) is 1.47. The van der Waals surface area contributed by atoms with Crippen molar-refractivity contribution in [3.05, 3.63) is 42.2 Å². The van der Waals surface area contributed by atoms with Crippen molar-refractivity contribution in [1.29, 1.82) is 5.26 Å².